The van der Waals surface area contributed by atoms with Gasteiger partial charge in [0.1, 0.15) is 6.23 Å². The van der Waals surface area contributed by atoms with E-state index in [-0.39, 0.29) is 6.04 Å². The van der Waals surface area contributed by atoms with Gasteiger partial charge in [0.15, 0.2) is 0 Å². The van der Waals surface area contributed by atoms with Crippen LogP contribution in [0.4, 0.5) is 0 Å². The fourth-order valence-electron chi connectivity index (χ4n) is 0.408. The number of rotatable bonds is 0. The molecule has 1 heterocycles. The Bertz CT molecular complexity index is 60.0. The zero-order chi connectivity index (χ0) is 5.28. The lowest BCUT2D eigenvalue weighted by Crippen LogP contribution is -2.36. The highest BCUT2D eigenvalue weighted by Gasteiger charge is 2.20. The van der Waals surface area contributed by atoms with Crippen LogP contribution in [-0.4, -0.2) is 24.0 Å². The summed E-state index contributed by atoms with van der Waals surface area (Å²) in [5.74, 6) is 0. The first-order valence-corrected chi connectivity index (χ1v) is 2.11. The molecule has 0 amide bonds. The maximum atomic E-state index is 8.64. The van der Waals surface area contributed by atoms with E-state index in [1.807, 2.05) is 0 Å². The number of nitrogens with two attached hydrogens (primary N) is 1. The summed E-state index contributed by atoms with van der Waals surface area (Å²) in [5, 5.41) is 8.64. The highest BCUT2D eigenvalue weighted by Crippen LogP contribution is 1.93. The van der Waals surface area contributed by atoms with Gasteiger partial charge in [-0.1, -0.05) is 0 Å². The molecule has 1 fully saturated rings. The van der Waals surface area contributed by atoms with Gasteiger partial charge in [-0.25, -0.2) is 0 Å². The van der Waals surface area contributed by atoms with Gasteiger partial charge in [-0.15, -0.1) is 0 Å². The molecule has 0 aromatic rings. The normalized spacial score (nSPS) is 42.0. The summed E-state index contributed by atoms with van der Waals surface area (Å²) in [6.45, 7) is 0.390. The van der Waals surface area contributed by atoms with E-state index in [2.05, 4.69) is 10.3 Å². The third kappa shape index (κ3) is 0.889. The predicted octanol–water partition coefficient (Wildman–Crippen LogP) is -1.83. The molecule has 1 aliphatic rings. The zero-order valence-electron chi connectivity index (χ0n) is 3.79. The molecule has 1 saturated heterocycles. The highest BCUT2D eigenvalue weighted by atomic mass is 16.7. The van der Waals surface area contributed by atoms with Gasteiger partial charge in [0.2, 0.25) is 0 Å². The van der Waals surface area contributed by atoms with Crippen LogP contribution >= 0.6 is 0 Å². The van der Waals surface area contributed by atoms with Crippen molar-refractivity contribution in [2.75, 3.05) is 6.61 Å². The second-order valence-corrected chi connectivity index (χ2v) is 1.54. The van der Waals surface area contributed by atoms with Crippen molar-refractivity contribution in [3.8, 4) is 0 Å². The first kappa shape index (κ1) is 4.99. The molecule has 0 aliphatic carbocycles. The average Bonchev–Trinajstić information content (AvgIpc) is 1.91. The first-order chi connectivity index (χ1) is 3.30. The van der Waals surface area contributed by atoms with Gasteiger partial charge < -0.3 is 10.8 Å². The van der Waals surface area contributed by atoms with Crippen molar-refractivity contribution in [1.29, 1.82) is 0 Å². The molecule has 1 aliphatic heterocycles. The Balaban J connectivity index is 2.33. The minimum Gasteiger partial charge on any atom is -0.375 e. The van der Waals surface area contributed by atoms with E-state index in [9.17, 15) is 0 Å². The van der Waals surface area contributed by atoms with Crippen LogP contribution in [0.3, 0.4) is 0 Å². The fourth-order valence-corrected chi connectivity index (χ4v) is 0.408. The van der Waals surface area contributed by atoms with Crippen LogP contribution in [0.15, 0.2) is 0 Å². The van der Waals surface area contributed by atoms with Gasteiger partial charge in [-0.3, -0.25) is 4.84 Å². The number of aliphatic hydroxyl groups is 1. The molecule has 42 valence electrons. The summed E-state index contributed by atoms with van der Waals surface area (Å²) in [6.07, 6.45) is -0.681. The third-order valence-corrected chi connectivity index (χ3v) is 0.885. The van der Waals surface area contributed by atoms with Gasteiger partial charge in [-0.05, 0) is 0 Å². The van der Waals surface area contributed by atoms with Crippen LogP contribution in [0.5, 0.6) is 0 Å². The number of hydrogen-bond acceptors (Lipinski definition) is 4. The lowest BCUT2D eigenvalue weighted by atomic mass is 10.3. The van der Waals surface area contributed by atoms with Crippen molar-refractivity contribution in [1.82, 2.24) is 5.48 Å². The summed E-state index contributed by atoms with van der Waals surface area (Å²) >= 11 is 0. The Morgan fingerprint density at radius 3 is 2.71 bits per heavy atom. The molecule has 0 spiro atoms. The van der Waals surface area contributed by atoms with Crippen LogP contribution in [-0.2, 0) is 4.84 Å². The van der Waals surface area contributed by atoms with E-state index in [4.69, 9.17) is 10.8 Å². The maximum Gasteiger partial charge on any atom is 0.144 e. The maximum absolute atomic E-state index is 8.64. The van der Waals surface area contributed by atoms with Crippen molar-refractivity contribution in [2.24, 2.45) is 5.73 Å². The molecule has 2 atom stereocenters. The molecule has 7 heavy (non-hydrogen) atoms. The summed E-state index contributed by atoms with van der Waals surface area (Å²) in [4.78, 5) is 4.54. The zero-order valence-corrected chi connectivity index (χ0v) is 3.79. The van der Waals surface area contributed by atoms with E-state index in [1.165, 1.54) is 0 Å². The summed E-state index contributed by atoms with van der Waals surface area (Å²) in [7, 11) is 0. The van der Waals surface area contributed by atoms with Crippen LogP contribution in [0, 0.1) is 0 Å². The monoisotopic (exact) mass is 104 g/mol. The molecular formula is C3H8N2O2. The Hall–Kier alpha value is -0.160. The Kier molecular flexibility index (Phi) is 1.25. The van der Waals surface area contributed by atoms with Gasteiger partial charge in [0.05, 0.1) is 12.6 Å². The SMILES string of the molecule is N[C@H]1CONC1O. The van der Waals surface area contributed by atoms with E-state index in [0.717, 1.165) is 0 Å². The molecule has 0 radical (unpaired) electrons. The lowest BCUT2D eigenvalue weighted by molar-refractivity contribution is 0.0241. The molecule has 0 saturated carbocycles. The van der Waals surface area contributed by atoms with Gasteiger partial charge in [0, 0.05) is 0 Å². The lowest BCUT2D eigenvalue weighted by Gasteiger charge is -2.01. The van der Waals surface area contributed by atoms with Crippen molar-refractivity contribution < 1.29 is 9.94 Å². The van der Waals surface area contributed by atoms with Crippen molar-refractivity contribution in [3.63, 3.8) is 0 Å². The summed E-state index contributed by atoms with van der Waals surface area (Å²) < 4.78 is 0. The quantitative estimate of drug-likeness (QED) is 0.338. The molecule has 4 heteroatoms. The molecule has 4 nitrogen and oxygen atoms in total. The van der Waals surface area contributed by atoms with E-state index in [1.54, 1.807) is 0 Å². The van der Waals surface area contributed by atoms with Crippen LogP contribution < -0.4 is 11.2 Å². The van der Waals surface area contributed by atoms with E-state index < -0.39 is 6.23 Å². The Labute approximate surface area is 41.2 Å². The average molecular weight is 104 g/mol. The minimum atomic E-state index is -0.681. The van der Waals surface area contributed by atoms with Gasteiger partial charge in [0.25, 0.3) is 0 Å². The molecule has 0 aromatic heterocycles. The molecule has 1 rings (SSSR count). The Morgan fingerprint density at radius 1 is 1.86 bits per heavy atom. The van der Waals surface area contributed by atoms with Crippen molar-refractivity contribution in [2.45, 2.75) is 12.3 Å². The Morgan fingerprint density at radius 2 is 2.57 bits per heavy atom. The molecule has 1 unspecified atom stereocenters. The highest BCUT2D eigenvalue weighted by molar-refractivity contribution is 4.69. The number of aliphatic hydroxyl groups excluding tert-OH is 1. The molecule has 0 bridgehead atoms. The standard InChI is InChI=1S/C3H8N2O2/c4-2-1-7-5-3(2)6/h2-3,5-6H,1,4H2/t2-,3?/m0/s1. The number of hydroxylamine groups is 1. The van der Waals surface area contributed by atoms with E-state index >= 15 is 0 Å². The predicted molar refractivity (Wildman–Crippen MR) is 23.1 cm³/mol. The molecule has 0 aromatic carbocycles. The number of nitrogens with one attached hydrogen (secondary N) is 1. The van der Waals surface area contributed by atoms with Crippen LogP contribution in [0.2, 0.25) is 0 Å². The van der Waals surface area contributed by atoms with Crippen molar-refractivity contribution >= 4 is 0 Å². The smallest absolute Gasteiger partial charge is 0.144 e. The molecular weight excluding hydrogens is 96.0 g/mol. The van der Waals surface area contributed by atoms with Crippen molar-refractivity contribution in [3.05, 3.63) is 0 Å². The van der Waals surface area contributed by atoms with E-state index in [0.29, 0.717) is 6.61 Å². The second-order valence-electron chi connectivity index (χ2n) is 1.54. The number of hydrogen-bond donors (Lipinski definition) is 3. The second kappa shape index (κ2) is 1.75. The fraction of sp³-hybridized carbons (Fsp3) is 1.00. The van der Waals surface area contributed by atoms with Crippen LogP contribution in [0.1, 0.15) is 0 Å². The first-order valence-electron chi connectivity index (χ1n) is 2.11. The van der Waals surface area contributed by atoms with Crippen LogP contribution in [0.25, 0.3) is 0 Å². The topological polar surface area (TPSA) is 67.5 Å². The van der Waals surface area contributed by atoms with Gasteiger partial charge >= 0.3 is 0 Å². The largest absolute Gasteiger partial charge is 0.375 e. The summed E-state index contributed by atoms with van der Waals surface area (Å²) in [5.41, 5.74) is 7.54. The molecule has 4 N–H and O–H groups in total. The minimum absolute atomic E-state index is 0.264. The third-order valence-electron chi connectivity index (χ3n) is 0.885. The van der Waals surface area contributed by atoms with Gasteiger partial charge in [-0.2, -0.15) is 5.48 Å². The summed E-state index contributed by atoms with van der Waals surface area (Å²) in [6, 6.07) is -0.264.